The van der Waals surface area contributed by atoms with Gasteiger partial charge in [0.25, 0.3) is 0 Å². The Labute approximate surface area is 74.1 Å². The Kier molecular flexibility index (Phi) is 2.75. The van der Waals surface area contributed by atoms with Crippen LogP contribution in [0.1, 0.15) is 0 Å². The van der Waals surface area contributed by atoms with E-state index in [0.717, 1.165) is 0 Å². The van der Waals surface area contributed by atoms with Crippen molar-refractivity contribution in [1.29, 1.82) is 0 Å². The second-order valence-electron chi connectivity index (χ2n) is 1.98. The van der Waals surface area contributed by atoms with Crippen molar-refractivity contribution in [3.63, 3.8) is 0 Å². The average Bonchev–Trinajstić information content (AvgIpc) is 2.05. The second kappa shape index (κ2) is 3.45. The molecular weight excluding hydrogens is 279 g/mol. The van der Waals surface area contributed by atoms with Crippen molar-refractivity contribution in [2.45, 2.75) is 12.2 Å². The molecule has 7 nitrogen and oxygen atoms in total. The summed E-state index contributed by atoms with van der Waals surface area (Å²) in [5.74, 6) is -2.59. The first-order valence-corrected chi connectivity index (χ1v) is 6.35. The van der Waals surface area contributed by atoms with Crippen molar-refractivity contribution in [1.82, 2.24) is 0 Å². The molecule has 8 heteroatoms. The predicted molar refractivity (Wildman–Crippen MR) is 30.6 cm³/mol. The van der Waals surface area contributed by atoms with Gasteiger partial charge in [-0.05, 0) is 0 Å². The van der Waals surface area contributed by atoms with E-state index in [4.69, 9.17) is 10.2 Å². The Balaban J connectivity index is 2.87. The van der Waals surface area contributed by atoms with Gasteiger partial charge >= 0.3 is 73.7 Å². The Morgan fingerprint density at radius 3 is 1.75 bits per heavy atom. The average molecular weight is 283 g/mol. The number of hydrogen-bond acceptors (Lipinski definition) is 7. The minimum absolute atomic E-state index is 1.29. The summed E-state index contributed by atoms with van der Waals surface area (Å²) in [6, 6.07) is 0. The van der Waals surface area contributed by atoms with Gasteiger partial charge in [-0.2, -0.15) is 0 Å². The van der Waals surface area contributed by atoms with Gasteiger partial charge in [0, 0.05) is 0 Å². The molecule has 1 fully saturated rings. The predicted octanol–water partition coefficient (Wildman–Crippen LogP) is -2.78. The molecule has 2 unspecified atom stereocenters. The number of carbonyl (C=O) groups excluding carboxylic acids is 2. The summed E-state index contributed by atoms with van der Waals surface area (Å²) < 4.78 is 18.6. The topological polar surface area (TPSA) is 110 Å². The fourth-order valence-electron chi connectivity index (χ4n) is 0.564. The molecule has 0 aromatic rings. The molecule has 2 atom stereocenters. The third kappa shape index (κ3) is 1.79. The van der Waals surface area contributed by atoms with E-state index in [2.05, 4.69) is 6.15 Å². The summed E-state index contributed by atoms with van der Waals surface area (Å²) in [7, 11) is 0. The maximum absolute atomic E-state index is 10.6. The molecule has 12 heavy (non-hydrogen) atoms. The van der Waals surface area contributed by atoms with Gasteiger partial charge in [-0.3, -0.25) is 0 Å². The molecule has 1 saturated heterocycles. The van der Waals surface area contributed by atoms with E-state index in [1.165, 1.54) is 0 Å². The van der Waals surface area contributed by atoms with Gasteiger partial charge in [0.05, 0.1) is 0 Å². The van der Waals surface area contributed by atoms with Crippen molar-refractivity contribution >= 4 is 32.5 Å². The van der Waals surface area contributed by atoms with E-state index in [0.29, 0.717) is 0 Å². The molecule has 1 rings (SSSR count). The van der Waals surface area contributed by atoms with Crippen molar-refractivity contribution < 1.29 is 29.0 Å². The second-order valence-corrected chi connectivity index (χ2v) is 4.57. The van der Waals surface area contributed by atoms with Gasteiger partial charge < -0.3 is 0 Å². The van der Waals surface area contributed by atoms with Crippen LogP contribution in [0, 0.1) is 0 Å². The molecular formula is C4H4O7Sn. The molecule has 2 N–H and O–H groups in total. The summed E-state index contributed by atoms with van der Waals surface area (Å²) in [5, 5.41) is 17.6. The third-order valence-corrected chi connectivity index (χ3v) is 3.25. The molecule has 1 aliphatic heterocycles. The van der Waals surface area contributed by atoms with Crippen LogP contribution in [0.2, 0.25) is 0 Å². The minimum atomic E-state index is -4.13. The molecule has 0 amide bonds. The summed E-state index contributed by atoms with van der Waals surface area (Å²) in [5.41, 5.74) is 0. The number of hydrogen-bond donors (Lipinski definition) is 2. The monoisotopic (exact) mass is 284 g/mol. The van der Waals surface area contributed by atoms with Gasteiger partial charge in [-0.25, -0.2) is 0 Å². The van der Waals surface area contributed by atoms with Crippen LogP contribution in [-0.2, 0) is 18.8 Å². The zero-order valence-electron chi connectivity index (χ0n) is 5.59. The van der Waals surface area contributed by atoms with Gasteiger partial charge in [-0.15, -0.1) is 0 Å². The molecule has 66 valence electrons. The molecule has 1 aliphatic rings. The molecule has 1 heterocycles. The first-order valence-electron chi connectivity index (χ1n) is 2.86. The van der Waals surface area contributed by atoms with E-state index in [-0.39, 0.29) is 0 Å². The fourth-order valence-corrected chi connectivity index (χ4v) is 2.31. The van der Waals surface area contributed by atoms with E-state index < -0.39 is 44.7 Å². The number of rotatable bonds is 0. The third-order valence-electron chi connectivity index (χ3n) is 1.15. The summed E-state index contributed by atoms with van der Waals surface area (Å²) >= 11 is -4.13. The van der Waals surface area contributed by atoms with Crippen molar-refractivity contribution in [3.8, 4) is 0 Å². The Morgan fingerprint density at radius 2 is 1.42 bits per heavy atom. The van der Waals surface area contributed by atoms with Crippen LogP contribution in [-0.4, -0.2) is 54.9 Å². The molecule has 0 radical (unpaired) electrons. The van der Waals surface area contributed by atoms with Crippen molar-refractivity contribution in [2.75, 3.05) is 0 Å². The Bertz CT molecular complexity index is 224. The summed E-state index contributed by atoms with van der Waals surface area (Å²) in [6.45, 7) is 0. The summed E-state index contributed by atoms with van der Waals surface area (Å²) in [4.78, 5) is 21.1. The van der Waals surface area contributed by atoms with Crippen molar-refractivity contribution in [2.24, 2.45) is 0 Å². The van der Waals surface area contributed by atoms with Crippen LogP contribution in [0.25, 0.3) is 0 Å². The van der Waals surface area contributed by atoms with Crippen LogP contribution in [0.3, 0.4) is 0 Å². The van der Waals surface area contributed by atoms with Crippen LogP contribution in [0.5, 0.6) is 0 Å². The SMILES string of the molecule is O=C1[O][Sn](=[O])[O]C(=O)C(O)C1O. The maximum atomic E-state index is 10.6. The quantitative estimate of drug-likeness (QED) is 0.463. The van der Waals surface area contributed by atoms with Crippen molar-refractivity contribution in [3.05, 3.63) is 0 Å². The fraction of sp³-hybridized carbons (Fsp3) is 0.500. The van der Waals surface area contributed by atoms with E-state index >= 15 is 0 Å². The molecule has 0 spiro atoms. The zero-order chi connectivity index (χ0) is 9.30. The number of aliphatic hydroxyl groups excluding tert-OH is 2. The van der Waals surface area contributed by atoms with Gasteiger partial charge in [0.1, 0.15) is 0 Å². The van der Waals surface area contributed by atoms with Gasteiger partial charge in [-0.1, -0.05) is 0 Å². The van der Waals surface area contributed by atoms with Crippen LogP contribution in [0.4, 0.5) is 0 Å². The van der Waals surface area contributed by atoms with Gasteiger partial charge in [0.2, 0.25) is 0 Å². The first kappa shape index (κ1) is 9.55. The van der Waals surface area contributed by atoms with Crippen LogP contribution < -0.4 is 0 Å². The molecule has 0 bridgehead atoms. The van der Waals surface area contributed by atoms with Crippen LogP contribution in [0.15, 0.2) is 0 Å². The van der Waals surface area contributed by atoms with Gasteiger partial charge in [0.15, 0.2) is 0 Å². The normalized spacial score (nSPS) is 30.7. The molecule has 0 aliphatic carbocycles. The number of carbonyl (C=O) groups is 2. The number of aliphatic hydroxyl groups is 2. The van der Waals surface area contributed by atoms with E-state index in [9.17, 15) is 12.7 Å². The summed E-state index contributed by atoms with van der Waals surface area (Å²) in [6.07, 6.45) is -4.02. The molecule has 0 saturated carbocycles. The Morgan fingerprint density at radius 1 is 1.08 bits per heavy atom. The van der Waals surface area contributed by atoms with E-state index in [1.807, 2.05) is 0 Å². The first-order chi connectivity index (χ1) is 5.52. The standard InChI is InChI=1S/C4H6O6.O.Sn/c5-1(3(7)8)2(6)4(9)10;;/h1-2,5-6H,(H,7,8)(H,9,10);;/q;;+2/p-2. The molecule has 0 aromatic carbocycles. The Hall–Kier alpha value is -0.541. The van der Waals surface area contributed by atoms with Crippen LogP contribution >= 0.6 is 0 Å². The molecule has 0 aromatic heterocycles. The zero-order valence-corrected chi connectivity index (χ0v) is 8.44. The van der Waals surface area contributed by atoms with E-state index in [1.54, 1.807) is 0 Å².